The first-order valence-electron chi connectivity index (χ1n) is 8.99. The third-order valence-electron chi connectivity index (χ3n) is 5.07. The summed E-state index contributed by atoms with van der Waals surface area (Å²) in [6.07, 6.45) is 5.77. The standard InChI is InChI=1S/C19H26N2O4/c1-13-16(14(2)25-20-13)12-19(23)21-9-5-3-4-7-15(21)11-17(22)18-8-6-10-24-18/h6,8,10,15,17,22H,3-5,7,9,11-12H2,1-2H3. The van der Waals surface area contributed by atoms with Crippen molar-refractivity contribution in [1.82, 2.24) is 10.1 Å². The van der Waals surface area contributed by atoms with Gasteiger partial charge >= 0.3 is 0 Å². The molecule has 1 amide bonds. The Morgan fingerprint density at radius 2 is 2.24 bits per heavy atom. The van der Waals surface area contributed by atoms with Crippen LogP contribution in [0.25, 0.3) is 0 Å². The molecular weight excluding hydrogens is 320 g/mol. The summed E-state index contributed by atoms with van der Waals surface area (Å²) in [5.41, 5.74) is 1.65. The molecule has 136 valence electrons. The van der Waals surface area contributed by atoms with Crippen LogP contribution < -0.4 is 0 Å². The molecule has 0 saturated carbocycles. The molecule has 0 bridgehead atoms. The lowest BCUT2D eigenvalue weighted by Gasteiger charge is -2.31. The molecule has 1 fully saturated rings. The number of rotatable bonds is 5. The van der Waals surface area contributed by atoms with Crippen molar-refractivity contribution in [3.8, 4) is 0 Å². The van der Waals surface area contributed by atoms with Crippen molar-refractivity contribution < 1.29 is 18.8 Å². The molecule has 25 heavy (non-hydrogen) atoms. The highest BCUT2D eigenvalue weighted by Gasteiger charge is 2.29. The molecule has 2 atom stereocenters. The predicted molar refractivity (Wildman–Crippen MR) is 91.9 cm³/mol. The summed E-state index contributed by atoms with van der Waals surface area (Å²) in [7, 11) is 0. The van der Waals surface area contributed by atoms with Gasteiger partial charge < -0.3 is 18.9 Å². The maximum atomic E-state index is 13.0. The average Bonchev–Trinajstić information content (AvgIpc) is 3.16. The Bertz CT molecular complexity index is 673. The molecule has 2 aromatic heterocycles. The molecule has 0 radical (unpaired) electrons. The van der Waals surface area contributed by atoms with Crippen LogP contribution in [0.5, 0.6) is 0 Å². The van der Waals surface area contributed by atoms with Crippen LogP contribution in [-0.2, 0) is 11.2 Å². The van der Waals surface area contributed by atoms with Gasteiger partial charge in [0.05, 0.1) is 18.4 Å². The highest BCUT2D eigenvalue weighted by molar-refractivity contribution is 5.79. The first-order valence-corrected chi connectivity index (χ1v) is 8.99. The lowest BCUT2D eigenvalue weighted by atomic mass is 10.0. The van der Waals surface area contributed by atoms with E-state index in [4.69, 9.17) is 8.94 Å². The molecule has 3 rings (SSSR count). The van der Waals surface area contributed by atoms with Crippen LogP contribution in [0.15, 0.2) is 27.3 Å². The molecule has 0 spiro atoms. The van der Waals surface area contributed by atoms with Gasteiger partial charge in [0.2, 0.25) is 5.91 Å². The Morgan fingerprint density at radius 3 is 2.92 bits per heavy atom. The quantitative estimate of drug-likeness (QED) is 0.898. The van der Waals surface area contributed by atoms with E-state index in [0.717, 1.165) is 43.5 Å². The van der Waals surface area contributed by atoms with E-state index in [0.29, 0.717) is 24.4 Å². The van der Waals surface area contributed by atoms with Crippen LogP contribution in [-0.4, -0.2) is 33.7 Å². The number of amides is 1. The van der Waals surface area contributed by atoms with Crippen LogP contribution in [0, 0.1) is 13.8 Å². The zero-order chi connectivity index (χ0) is 17.8. The van der Waals surface area contributed by atoms with Crippen LogP contribution in [0.1, 0.15) is 61.0 Å². The molecule has 6 nitrogen and oxygen atoms in total. The van der Waals surface area contributed by atoms with Gasteiger partial charge in [0.25, 0.3) is 0 Å². The van der Waals surface area contributed by atoms with Crippen molar-refractivity contribution in [2.24, 2.45) is 0 Å². The number of nitrogens with zero attached hydrogens (tertiary/aromatic N) is 2. The first kappa shape index (κ1) is 17.7. The lowest BCUT2D eigenvalue weighted by Crippen LogP contribution is -2.41. The highest BCUT2D eigenvalue weighted by Crippen LogP contribution is 2.27. The fraction of sp³-hybridized carbons (Fsp3) is 0.579. The number of carbonyl (C=O) groups excluding carboxylic acids is 1. The largest absolute Gasteiger partial charge is 0.467 e. The van der Waals surface area contributed by atoms with Gasteiger partial charge in [0.15, 0.2) is 0 Å². The fourth-order valence-electron chi connectivity index (χ4n) is 3.61. The number of carbonyl (C=O) groups is 1. The van der Waals surface area contributed by atoms with E-state index in [1.807, 2.05) is 18.7 Å². The number of hydrogen-bond donors (Lipinski definition) is 1. The molecular formula is C19H26N2O4. The third kappa shape index (κ3) is 4.12. The first-order chi connectivity index (χ1) is 12.1. The zero-order valence-electron chi connectivity index (χ0n) is 14.9. The third-order valence-corrected chi connectivity index (χ3v) is 5.07. The van der Waals surface area contributed by atoms with Crippen LogP contribution in [0.4, 0.5) is 0 Å². The number of hydrogen-bond acceptors (Lipinski definition) is 5. The normalized spacial score (nSPS) is 19.6. The van der Waals surface area contributed by atoms with Crippen LogP contribution in [0.3, 0.4) is 0 Å². The van der Waals surface area contributed by atoms with Gasteiger partial charge in [-0.25, -0.2) is 0 Å². The van der Waals surface area contributed by atoms with Crippen LogP contribution in [0.2, 0.25) is 0 Å². The monoisotopic (exact) mass is 346 g/mol. The minimum Gasteiger partial charge on any atom is -0.467 e. The van der Waals surface area contributed by atoms with Crippen molar-refractivity contribution in [3.63, 3.8) is 0 Å². The second-order valence-electron chi connectivity index (χ2n) is 6.84. The topological polar surface area (TPSA) is 79.7 Å². The number of aromatic nitrogens is 1. The fourth-order valence-corrected chi connectivity index (χ4v) is 3.61. The molecule has 2 unspecified atom stereocenters. The summed E-state index contributed by atoms with van der Waals surface area (Å²) in [5, 5.41) is 14.4. The van der Waals surface area contributed by atoms with Crippen molar-refractivity contribution in [3.05, 3.63) is 41.2 Å². The molecule has 0 aliphatic carbocycles. The van der Waals surface area contributed by atoms with E-state index in [9.17, 15) is 9.90 Å². The van der Waals surface area contributed by atoms with Gasteiger partial charge in [0.1, 0.15) is 17.6 Å². The minimum atomic E-state index is -0.688. The lowest BCUT2D eigenvalue weighted by molar-refractivity contribution is -0.133. The van der Waals surface area contributed by atoms with Crippen molar-refractivity contribution in [1.29, 1.82) is 0 Å². The molecule has 0 aromatic carbocycles. The number of aliphatic hydroxyl groups is 1. The molecule has 1 N–H and O–H groups in total. The Labute approximate surface area is 147 Å². The van der Waals surface area contributed by atoms with E-state index in [1.165, 1.54) is 0 Å². The van der Waals surface area contributed by atoms with Gasteiger partial charge in [-0.15, -0.1) is 0 Å². The predicted octanol–water partition coefficient (Wildman–Crippen LogP) is 3.32. The van der Waals surface area contributed by atoms with Gasteiger partial charge in [0, 0.05) is 24.6 Å². The molecule has 6 heteroatoms. The molecule has 1 saturated heterocycles. The molecule has 2 aromatic rings. The summed E-state index contributed by atoms with van der Waals surface area (Å²) < 4.78 is 10.5. The van der Waals surface area contributed by atoms with E-state index >= 15 is 0 Å². The SMILES string of the molecule is Cc1noc(C)c1CC(=O)N1CCCCCC1CC(O)c1ccco1. The Kier molecular flexibility index (Phi) is 5.58. The molecule has 1 aliphatic rings. The average molecular weight is 346 g/mol. The smallest absolute Gasteiger partial charge is 0.227 e. The van der Waals surface area contributed by atoms with Crippen molar-refractivity contribution in [2.75, 3.05) is 6.54 Å². The van der Waals surface area contributed by atoms with E-state index in [1.54, 1.807) is 18.4 Å². The number of likely N-dealkylation sites (tertiary alicyclic amines) is 1. The van der Waals surface area contributed by atoms with Gasteiger partial charge in [-0.3, -0.25) is 4.79 Å². The number of aliphatic hydroxyl groups excluding tert-OH is 1. The van der Waals surface area contributed by atoms with Gasteiger partial charge in [-0.05, 0) is 38.8 Å². The molecule has 1 aliphatic heterocycles. The summed E-state index contributed by atoms with van der Waals surface area (Å²) >= 11 is 0. The van der Waals surface area contributed by atoms with Crippen molar-refractivity contribution >= 4 is 5.91 Å². The Hall–Kier alpha value is -2.08. The summed E-state index contributed by atoms with van der Waals surface area (Å²) in [6, 6.07) is 3.57. The summed E-state index contributed by atoms with van der Waals surface area (Å²) in [4.78, 5) is 14.9. The molecule has 3 heterocycles. The Morgan fingerprint density at radius 1 is 1.40 bits per heavy atom. The zero-order valence-corrected chi connectivity index (χ0v) is 14.9. The van der Waals surface area contributed by atoms with E-state index in [2.05, 4.69) is 5.16 Å². The van der Waals surface area contributed by atoms with E-state index in [-0.39, 0.29) is 11.9 Å². The number of aryl methyl sites for hydroxylation is 2. The van der Waals surface area contributed by atoms with E-state index < -0.39 is 6.10 Å². The maximum absolute atomic E-state index is 13.0. The summed E-state index contributed by atoms with van der Waals surface area (Å²) in [6.45, 7) is 4.43. The minimum absolute atomic E-state index is 0.0237. The van der Waals surface area contributed by atoms with Gasteiger partial charge in [-0.1, -0.05) is 18.0 Å². The Balaban J connectivity index is 1.72. The highest BCUT2D eigenvalue weighted by atomic mass is 16.5. The number of furan rings is 1. The second-order valence-corrected chi connectivity index (χ2v) is 6.84. The van der Waals surface area contributed by atoms with Crippen LogP contribution >= 0.6 is 0 Å². The van der Waals surface area contributed by atoms with Crippen molar-refractivity contribution in [2.45, 2.75) is 64.5 Å². The van der Waals surface area contributed by atoms with Gasteiger partial charge in [-0.2, -0.15) is 0 Å². The summed E-state index contributed by atoms with van der Waals surface area (Å²) in [5.74, 6) is 1.34. The maximum Gasteiger partial charge on any atom is 0.227 e. The second kappa shape index (κ2) is 7.87.